The fraction of sp³-hybridized carbons (Fsp3) is 0.111. The van der Waals surface area contributed by atoms with Gasteiger partial charge in [-0.3, -0.25) is 10.1 Å². The Morgan fingerprint density at radius 2 is 1.85 bits per heavy atom. The highest BCUT2D eigenvalue weighted by molar-refractivity contribution is 6.30. The lowest BCUT2D eigenvalue weighted by Gasteiger charge is -2.12. The molecule has 0 atom stereocenters. The van der Waals surface area contributed by atoms with Crippen molar-refractivity contribution in [2.75, 3.05) is 10.6 Å². The van der Waals surface area contributed by atoms with Crippen LogP contribution >= 0.6 is 11.6 Å². The summed E-state index contributed by atoms with van der Waals surface area (Å²) in [6, 6.07) is 14.8. The Labute approximate surface area is 155 Å². The number of hydrogen-bond donors (Lipinski definition) is 2. The van der Waals surface area contributed by atoms with E-state index in [2.05, 4.69) is 20.6 Å². The van der Waals surface area contributed by atoms with Crippen LogP contribution in [0.2, 0.25) is 5.02 Å². The Kier molecular flexibility index (Phi) is 5.28. The van der Waals surface area contributed by atoms with Crippen molar-refractivity contribution in [1.29, 1.82) is 0 Å². The van der Waals surface area contributed by atoms with E-state index in [1.807, 2.05) is 37.3 Å². The summed E-state index contributed by atoms with van der Waals surface area (Å²) in [5.41, 5.74) is 2.32. The van der Waals surface area contributed by atoms with Gasteiger partial charge in [0.1, 0.15) is 6.33 Å². The van der Waals surface area contributed by atoms with Crippen LogP contribution in [0.3, 0.4) is 0 Å². The minimum atomic E-state index is -0.499. The normalized spacial score (nSPS) is 10.4. The predicted octanol–water partition coefficient (Wildman–Crippen LogP) is 4.70. The average molecular weight is 370 g/mol. The minimum Gasteiger partial charge on any atom is -0.360 e. The Morgan fingerprint density at radius 1 is 1.12 bits per heavy atom. The van der Waals surface area contributed by atoms with Crippen molar-refractivity contribution in [3.05, 3.63) is 81.1 Å². The zero-order valence-electron chi connectivity index (χ0n) is 13.9. The van der Waals surface area contributed by atoms with E-state index in [1.165, 1.54) is 6.33 Å². The second-order valence-electron chi connectivity index (χ2n) is 5.60. The van der Waals surface area contributed by atoms with E-state index in [0.717, 1.165) is 11.1 Å². The second-order valence-corrected chi connectivity index (χ2v) is 6.04. The second kappa shape index (κ2) is 7.79. The molecule has 0 aliphatic rings. The van der Waals surface area contributed by atoms with E-state index in [1.54, 1.807) is 18.2 Å². The quantitative estimate of drug-likeness (QED) is 0.483. The highest BCUT2D eigenvalue weighted by atomic mass is 35.5. The molecular weight excluding hydrogens is 354 g/mol. The topological polar surface area (TPSA) is 93.0 Å². The molecule has 0 amide bonds. The molecule has 0 radical (unpaired) electrons. The van der Waals surface area contributed by atoms with Crippen LogP contribution < -0.4 is 10.6 Å². The van der Waals surface area contributed by atoms with Gasteiger partial charge in [0.05, 0.1) is 4.92 Å². The predicted molar refractivity (Wildman–Crippen MR) is 102 cm³/mol. The smallest absolute Gasteiger partial charge is 0.353 e. The monoisotopic (exact) mass is 369 g/mol. The van der Waals surface area contributed by atoms with Crippen LogP contribution in [-0.4, -0.2) is 14.9 Å². The first-order chi connectivity index (χ1) is 12.5. The Hall–Kier alpha value is -3.19. The van der Waals surface area contributed by atoms with E-state index < -0.39 is 4.92 Å². The number of benzene rings is 2. The molecule has 0 fully saturated rings. The van der Waals surface area contributed by atoms with Crippen LogP contribution in [0.25, 0.3) is 0 Å². The third-order valence-corrected chi connectivity index (χ3v) is 3.98. The van der Waals surface area contributed by atoms with Crippen molar-refractivity contribution in [1.82, 2.24) is 9.97 Å². The van der Waals surface area contributed by atoms with Crippen molar-refractivity contribution in [3.8, 4) is 0 Å². The molecule has 7 nitrogen and oxygen atoms in total. The molecule has 26 heavy (non-hydrogen) atoms. The zero-order valence-corrected chi connectivity index (χ0v) is 14.7. The van der Waals surface area contributed by atoms with Gasteiger partial charge in [0, 0.05) is 17.3 Å². The largest absolute Gasteiger partial charge is 0.360 e. The molecule has 0 saturated heterocycles. The maximum Gasteiger partial charge on any atom is 0.353 e. The molecule has 0 spiro atoms. The van der Waals surface area contributed by atoms with Crippen molar-refractivity contribution in [2.45, 2.75) is 13.5 Å². The van der Waals surface area contributed by atoms with Crippen molar-refractivity contribution in [3.63, 3.8) is 0 Å². The van der Waals surface area contributed by atoms with Crippen molar-refractivity contribution >= 4 is 34.6 Å². The van der Waals surface area contributed by atoms with Crippen molar-refractivity contribution in [2.24, 2.45) is 0 Å². The zero-order chi connectivity index (χ0) is 18.5. The number of halogens is 1. The first-order valence-corrected chi connectivity index (χ1v) is 8.23. The van der Waals surface area contributed by atoms with Crippen LogP contribution in [0.1, 0.15) is 11.1 Å². The third-order valence-electron chi connectivity index (χ3n) is 3.75. The van der Waals surface area contributed by atoms with Gasteiger partial charge >= 0.3 is 5.69 Å². The number of aryl methyl sites for hydroxylation is 1. The van der Waals surface area contributed by atoms with Gasteiger partial charge in [-0.25, -0.2) is 9.97 Å². The van der Waals surface area contributed by atoms with Crippen LogP contribution in [0.4, 0.5) is 23.0 Å². The number of anilines is 3. The molecule has 3 aromatic rings. The van der Waals surface area contributed by atoms with Crippen LogP contribution in [0, 0.1) is 17.0 Å². The molecule has 2 aromatic carbocycles. The van der Waals surface area contributed by atoms with E-state index in [9.17, 15) is 10.1 Å². The van der Waals surface area contributed by atoms with E-state index >= 15 is 0 Å². The fourth-order valence-corrected chi connectivity index (χ4v) is 2.68. The van der Waals surface area contributed by atoms with Gasteiger partial charge in [0.25, 0.3) is 0 Å². The van der Waals surface area contributed by atoms with Gasteiger partial charge in [0.2, 0.25) is 11.6 Å². The van der Waals surface area contributed by atoms with Gasteiger partial charge in [-0.2, -0.15) is 0 Å². The van der Waals surface area contributed by atoms with Crippen LogP contribution in [-0.2, 0) is 6.54 Å². The summed E-state index contributed by atoms with van der Waals surface area (Å²) in [5, 5.41) is 18.2. The highest BCUT2D eigenvalue weighted by Gasteiger charge is 2.23. The molecule has 8 heteroatoms. The van der Waals surface area contributed by atoms with Gasteiger partial charge in [-0.1, -0.05) is 41.9 Å². The number of aromatic nitrogens is 2. The molecule has 0 bridgehead atoms. The van der Waals surface area contributed by atoms with Gasteiger partial charge in [-0.05, 0) is 36.2 Å². The highest BCUT2D eigenvalue weighted by Crippen LogP contribution is 2.32. The minimum absolute atomic E-state index is 0.117. The lowest BCUT2D eigenvalue weighted by molar-refractivity contribution is -0.383. The summed E-state index contributed by atoms with van der Waals surface area (Å²) in [7, 11) is 0. The van der Waals surface area contributed by atoms with E-state index in [-0.39, 0.29) is 17.3 Å². The van der Waals surface area contributed by atoms with Crippen LogP contribution in [0.15, 0.2) is 54.9 Å². The summed E-state index contributed by atoms with van der Waals surface area (Å²) in [6.07, 6.45) is 1.29. The number of rotatable bonds is 6. The number of nitrogens with one attached hydrogen (secondary N) is 2. The number of hydrogen-bond acceptors (Lipinski definition) is 6. The van der Waals surface area contributed by atoms with Gasteiger partial charge in [-0.15, -0.1) is 0 Å². The number of nitrogens with zero attached hydrogens (tertiary/aromatic N) is 3. The molecule has 1 aromatic heterocycles. The Balaban J connectivity index is 1.89. The molecule has 132 valence electrons. The molecule has 3 rings (SSSR count). The molecule has 0 unspecified atom stereocenters. The third kappa shape index (κ3) is 4.07. The molecule has 0 saturated carbocycles. The molecule has 2 N–H and O–H groups in total. The van der Waals surface area contributed by atoms with Crippen molar-refractivity contribution < 1.29 is 4.92 Å². The Morgan fingerprint density at radius 3 is 2.54 bits per heavy atom. The number of nitro groups is 1. The lowest BCUT2D eigenvalue weighted by atomic mass is 10.2. The lowest BCUT2D eigenvalue weighted by Crippen LogP contribution is -2.08. The summed E-state index contributed by atoms with van der Waals surface area (Å²) in [6.45, 7) is 2.27. The molecule has 0 aliphatic carbocycles. The summed E-state index contributed by atoms with van der Waals surface area (Å²) in [4.78, 5) is 19.2. The standard InChI is InChI=1S/C18H16ClN5O2/c1-12-9-14(19)7-8-15(12)23-18-16(24(25)26)17(21-11-22-18)20-10-13-5-3-2-4-6-13/h2-9,11H,10H2,1H3,(H2,20,21,22,23). The van der Waals surface area contributed by atoms with Gasteiger partial charge < -0.3 is 10.6 Å². The average Bonchev–Trinajstić information content (AvgIpc) is 2.63. The molecular formula is C18H16ClN5O2. The summed E-state index contributed by atoms with van der Waals surface area (Å²) >= 11 is 5.95. The summed E-state index contributed by atoms with van der Waals surface area (Å²) < 4.78 is 0. The molecule has 1 heterocycles. The SMILES string of the molecule is Cc1cc(Cl)ccc1Nc1ncnc(NCc2ccccc2)c1[N+](=O)[O-]. The first-order valence-electron chi connectivity index (χ1n) is 7.85. The van der Waals surface area contributed by atoms with Gasteiger partial charge in [0.15, 0.2) is 0 Å². The van der Waals surface area contributed by atoms with E-state index in [4.69, 9.17) is 11.6 Å². The maximum absolute atomic E-state index is 11.6. The summed E-state index contributed by atoms with van der Waals surface area (Å²) in [5.74, 6) is 0.272. The molecule has 0 aliphatic heterocycles. The van der Waals surface area contributed by atoms with E-state index in [0.29, 0.717) is 17.3 Å². The fourth-order valence-electron chi connectivity index (χ4n) is 2.45. The maximum atomic E-state index is 11.6. The van der Waals surface area contributed by atoms with Crippen LogP contribution in [0.5, 0.6) is 0 Å². The first kappa shape index (κ1) is 17.6. The Bertz CT molecular complexity index is 934.